The van der Waals surface area contributed by atoms with Gasteiger partial charge in [0.15, 0.2) is 0 Å². The fourth-order valence-electron chi connectivity index (χ4n) is 1.19. The third kappa shape index (κ3) is 4.08. The van der Waals surface area contributed by atoms with E-state index in [4.69, 9.17) is 0 Å². The van der Waals surface area contributed by atoms with Gasteiger partial charge in [-0.1, -0.05) is 13.8 Å². The van der Waals surface area contributed by atoms with E-state index in [1.165, 1.54) is 6.20 Å². The van der Waals surface area contributed by atoms with Crippen molar-refractivity contribution >= 4 is 23.8 Å². The molecule has 0 aliphatic heterocycles. The molecule has 0 aromatic carbocycles. The average molecular weight is 221 g/mol. The summed E-state index contributed by atoms with van der Waals surface area (Å²) in [4.78, 5) is 25.6. The van der Waals surface area contributed by atoms with Gasteiger partial charge in [-0.25, -0.2) is 4.98 Å². The van der Waals surface area contributed by atoms with Crippen LogP contribution in [0.4, 0.5) is 11.5 Å². The lowest BCUT2D eigenvalue weighted by molar-refractivity contribution is -0.116. The molecule has 16 heavy (non-hydrogen) atoms. The first-order valence-electron chi connectivity index (χ1n) is 5.08. The number of rotatable bonds is 5. The second-order valence-corrected chi connectivity index (χ2v) is 3.84. The zero-order valence-corrected chi connectivity index (χ0v) is 9.36. The minimum absolute atomic E-state index is 0.0569. The van der Waals surface area contributed by atoms with E-state index in [0.717, 1.165) is 0 Å². The highest BCUT2D eigenvalue weighted by atomic mass is 16.1. The van der Waals surface area contributed by atoms with E-state index in [9.17, 15) is 9.59 Å². The number of carbonyl (C=O) groups is 2. The number of hydrogen-bond acceptors (Lipinski definition) is 3. The van der Waals surface area contributed by atoms with Crippen LogP contribution in [0.5, 0.6) is 0 Å². The van der Waals surface area contributed by atoms with Crippen molar-refractivity contribution in [1.82, 2.24) is 4.98 Å². The predicted octanol–water partition coefficient (Wildman–Crippen LogP) is 1.63. The smallest absolute Gasteiger partial charge is 0.225 e. The fourth-order valence-corrected chi connectivity index (χ4v) is 1.19. The molecule has 0 fully saturated rings. The van der Waals surface area contributed by atoms with Crippen LogP contribution in [-0.2, 0) is 9.59 Å². The Labute approximate surface area is 94.3 Å². The van der Waals surface area contributed by atoms with Crippen LogP contribution >= 0.6 is 0 Å². The molecule has 0 unspecified atom stereocenters. The van der Waals surface area contributed by atoms with Gasteiger partial charge < -0.3 is 10.6 Å². The normalized spacial score (nSPS) is 9.94. The minimum Gasteiger partial charge on any atom is -0.327 e. The van der Waals surface area contributed by atoms with Gasteiger partial charge in [0.1, 0.15) is 5.82 Å². The van der Waals surface area contributed by atoms with Crippen LogP contribution < -0.4 is 10.6 Å². The summed E-state index contributed by atoms with van der Waals surface area (Å²) in [6, 6.07) is 3.32. The van der Waals surface area contributed by atoms with Crippen LogP contribution in [0.2, 0.25) is 0 Å². The highest BCUT2D eigenvalue weighted by Gasteiger charge is 2.05. The predicted molar refractivity (Wildman–Crippen MR) is 62.0 cm³/mol. The second kappa shape index (κ2) is 5.85. The Hall–Kier alpha value is -1.91. The maximum Gasteiger partial charge on any atom is 0.225 e. The van der Waals surface area contributed by atoms with E-state index in [1.807, 2.05) is 13.8 Å². The zero-order chi connectivity index (χ0) is 12.0. The molecule has 1 rings (SSSR count). The van der Waals surface area contributed by atoms with Gasteiger partial charge in [0.25, 0.3) is 0 Å². The van der Waals surface area contributed by atoms with Crippen LogP contribution in [0, 0.1) is 5.92 Å². The van der Waals surface area contributed by atoms with Crippen molar-refractivity contribution in [3.63, 3.8) is 0 Å². The van der Waals surface area contributed by atoms with Crippen molar-refractivity contribution < 1.29 is 9.59 Å². The Morgan fingerprint density at radius 3 is 2.75 bits per heavy atom. The molecule has 86 valence electrons. The Kier molecular flexibility index (Phi) is 4.44. The molecule has 0 spiro atoms. The van der Waals surface area contributed by atoms with Crippen molar-refractivity contribution in [2.24, 2.45) is 5.92 Å². The van der Waals surface area contributed by atoms with E-state index >= 15 is 0 Å². The highest BCUT2D eigenvalue weighted by Crippen LogP contribution is 2.10. The molecule has 0 bridgehead atoms. The number of amides is 2. The van der Waals surface area contributed by atoms with Crippen molar-refractivity contribution in [1.29, 1.82) is 0 Å². The van der Waals surface area contributed by atoms with Crippen LogP contribution in [-0.4, -0.2) is 17.3 Å². The van der Waals surface area contributed by atoms with Crippen LogP contribution in [0.15, 0.2) is 18.3 Å². The number of carbonyl (C=O) groups excluding carboxylic acids is 2. The maximum absolute atomic E-state index is 11.4. The van der Waals surface area contributed by atoms with Gasteiger partial charge in [0.05, 0.1) is 11.9 Å². The topological polar surface area (TPSA) is 71.1 Å². The quantitative estimate of drug-likeness (QED) is 0.742. The molecular formula is C11H15N3O2. The van der Waals surface area contributed by atoms with Gasteiger partial charge in [-0.15, -0.1) is 0 Å². The molecule has 0 aliphatic carbocycles. The van der Waals surface area contributed by atoms with Crippen LogP contribution in [0.25, 0.3) is 0 Å². The summed E-state index contributed by atoms with van der Waals surface area (Å²) in [5.74, 6) is 0.747. The van der Waals surface area contributed by atoms with Gasteiger partial charge in [0.2, 0.25) is 12.3 Å². The van der Waals surface area contributed by atoms with Gasteiger partial charge >= 0.3 is 0 Å². The fraction of sp³-hybridized carbons (Fsp3) is 0.364. The lowest BCUT2D eigenvalue weighted by atomic mass is 10.1. The monoisotopic (exact) mass is 221 g/mol. The molecule has 0 aliphatic rings. The summed E-state index contributed by atoms with van der Waals surface area (Å²) in [6.45, 7) is 3.95. The van der Waals surface area contributed by atoms with E-state index < -0.39 is 0 Å². The van der Waals surface area contributed by atoms with Gasteiger partial charge in [-0.2, -0.15) is 0 Å². The summed E-state index contributed by atoms with van der Waals surface area (Å²) < 4.78 is 0. The summed E-state index contributed by atoms with van der Waals surface area (Å²) in [6.07, 6.45) is 2.53. The van der Waals surface area contributed by atoms with Crippen molar-refractivity contribution in [3.8, 4) is 0 Å². The number of nitrogens with one attached hydrogen (secondary N) is 2. The largest absolute Gasteiger partial charge is 0.327 e. The van der Waals surface area contributed by atoms with Crippen LogP contribution in [0.1, 0.15) is 20.3 Å². The third-order valence-corrected chi connectivity index (χ3v) is 1.85. The molecule has 1 heterocycles. The first-order valence-corrected chi connectivity index (χ1v) is 5.08. The summed E-state index contributed by atoms with van der Waals surface area (Å²) >= 11 is 0. The summed E-state index contributed by atoms with van der Waals surface area (Å²) in [5, 5.41) is 5.14. The standard InChI is InChI=1S/C11H15N3O2/c1-8(2)5-11(16)14-10-4-3-9(6-12-10)13-7-15/h3-4,6-8H,5H2,1-2H3,(H,13,15)(H,12,14,16). The molecule has 0 saturated heterocycles. The molecule has 1 aromatic rings. The average Bonchev–Trinajstić information content (AvgIpc) is 2.20. The second-order valence-electron chi connectivity index (χ2n) is 3.84. The van der Waals surface area contributed by atoms with Crippen LogP contribution in [0.3, 0.4) is 0 Å². The van der Waals surface area contributed by atoms with Crippen molar-refractivity contribution in [3.05, 3.63) is 18.3 Å². The Morgan fingerprint density at radius 2 is 2.25 bits per heavy atom. The van der Waals surface area contributed by atoms with Crippen molar-refractivity contribution in [2.75, 3.05) is 10.6 Å². The number of anilines is 2. The lowest BCUT2D eigenvalue weighted by Crippen LogP contribution is -2.14. The first kappa shape index (κ1) is 12.2. The molecule has 5 heteroatoms. The minimum atomic E-state index is -0.0569. The molecule has 5 nitrogen and oxygen atoms in total. The molecule has 1 aromatic heterocycles. The highest BCUT2D eigenvalue weighted by molar-refractivity contribution is 5.90. The number of pyridine rings is 1. The molecule has 2 N–H and O–H groups in total. The van der Waals surface area contributed by atoms with Gasteiger partial charge in [-0.05, 0) is 18.1 Å². The van der Waals surface area contributed by atoms with E-state index in [-0.39, 0.29) is 5.91 Å². The number of nitrogens with zero attached hydrogens (tertiary/aromatic N) is 1. The third-order valence-electron chi connectivity index (χ3n) is 1.85. The van der Waals surface area contributed by atoms with E-state index in [1.54, 1.807) is 12.1 Å². The lowest BCUT2D eigenvalue weighted by Gasteiger charge is -2.06. The molecular weight excluding hydrogens is 206 g/mol. The molecule has 0 saturated carbocycles. The Morgan fingerprint density at radius 1 is 1.50 bits per heavy atom. The molecule has 0 atom stereocenters. The van der Waals surface area contributed by atoms with Gasteiger partial charge in [0, 0.05) is 6.42 Å². The van der Waals surface area contributed by atoms with Gasteiger partial charge in [-0.3, -0.25) is 9.59 Å². The molecule has 2 amide bonds. The summed E-state index contributed by atoms with van der Waals surface area (Å²) in [5.41, 5.74) is 0.594. The van der Waals surface area contributed by atoms with E-state index in [0.29, 0.717) is 30.3 Å². The number of hydrogen-bond donors (Lipinski definition) is 2. The SMILES string of the molecule is CC(C)CC(=O)Nc1ccc(NC=O)cn1. The zero-order valence-electron chi connectivity index (χ0n) is 9.36. The molecule has 0 radical (unpaired) electrons. The maximum atomic E-state index is 11.4. The number of aromatic nitrogens is 1. The first-order chi connectivity index (χ1) is 7.61. The Bertz CT molecular complexity index is 360. The summed E-state index contributed by atoms with van der Waals surface area (Å²) in [7, 11) is 0. The van der Waals surface area contributed by atoms with Crippen molar-refractivity contribution in [2.45, 2.75) is 20.3 Å². The Balaban J connectivity index is 2.54. The van der Waals surface area contributed by atoms with E-state index in [2.05, 4.69) is 15.6 Å².